The van der Waals surface area contributed by atoms with Crippen molar-refractivity contribution >= 4 is 17.3 Å². The van der Waals surface area contributed by atoms with Crippen molar-refractivity contribution in [2.75, 3.05) is 0 Å². The third-order valence-corrected chi connectivity index (χ3v) is 4.28. The van der Waals surface area contributed by atoms with E-state index in [0.717, 1.165) is 34.7 Å². The van der Waals surface area contributed by atoms with Crippen molar-refractivity contribution in [3.8, 4) is 10.6 Å². The molecular weight excluding hydrogens is 246 g/mol. The van der Waals surface area contributed by atoms with Gasteiger partial charge >= 0.3 is 5.97 Å². The summed E-state index contributed by atoms with van der Waals surface area (Å²) in [7, 11) is 0. The number of aromatic carboxylic acids is 1. The summed E-state index contributed by atoms with van der Waals surface area (Å²) in [5.74, 6) is -0.487. The number of nitrogens with zero attached hydrogens (tertiary/aromatic N) is 1. The predicted octanol–water partition coefficient (Wildman–Crippen LogP) is 3.69. The highest BCUT2D eigenvalue weighted by atomic mass is 32.1. The van der Waals surface area contributed by atoms with Crippen LogP contribution in [-0.2, 0) is 0 Å². The standard InChI is InChI=1S/C14H13NO2S/c1-8-4-2-3-5-10(8)13-15-11(9-6-7-9)12(18-13)14(16)17/h2-5,9H,6-7H2,1H3,(H,16,17). The quantitative estimate of drug-likeness (QED) is 0.914. The van der Waals surface area contributed by atoms with E-state index < -0.39 is 5.97 Å². The van der Waals surface area contributed by atoms with Crippen molar-refractivity contribution in [3.05, 3.63) is 40.4 Å². The number of rotatable bonds is 3. The molecule has 1 N–H and O–H groups in total. The molecule has 2 aromatic rings. The second kappa shape index (κ2) is 4.21. The Morgan fingerprint density at radius 2 is 2.11 bits per heavy atom. The molecule has 4 heteroatoms. The molecule has 0 amide bonds. The van der Waals surface area contributed by atoms with Crippen LogP contribution < -0.4 is 0 Å². The molecule has 0 bridgehead atoms. The number of aromatic nitrogens is 1. The third-order valence-electron chi connectivity index (χ3n) is 3.19. The van der Waals surface area contributed by atoms with Gasteiger partial charge in [-0.15, -0.1) is 11.3 Å². The van der Waals surface area contributed by atoms with E-state index in [2.05, 4.69) is 4.98 Å². The van der Waals surface area contributed by atoms with Crippen molar-refractivity contribution in [1.82, 2.24) is 4.98 Å². The molecule has 1 aromatic carbocycles. The lowest BCUT2D eigenvalue weighted by Gasteiger charge is -1.99. The topological polar surface area (TPSA) is 50.2 Å². The van der Waals surface area contributed by atoms with Gasteiger partial charge in [0.15, 0.2) is 0 Å². The molecule has 1 aromatic heterocycles. The van der Waals surface area contributed by atoms with E-state index in [1.54, 1.807) is 0 Å². The first-order chi connectivity index (χ1) is 8.66. The van der Waals surface area contributed by atoms with Gasteiger partial charge in [0.25, 0.3) is 0 Å². The van der Waals surface area contributed by atoms with Gasteiger partial charge in [0, 0.05) is 11.5 Å². The van der Waals surface area contributed by atoms with Gasteiger partial charge in [-0.25, -0.2) is 9.78 Å². The number of carbonyl (C=O) groups is 1. The maximum atomic E-state index is 11.3. The maximum absolute atomic E-state index is 11.3. The first-order valence-corrected chi connectivity index (χ1v) is 6.78. The van der Waals surface area contributed by atoms with Crippen molar-refractivity contribution in [2.45, 2.75) is 25.7 Å². The minimum Gasteiger partial charge on any atom is -0.477 e. The van der Waals surface area contributed by atoms with Crippen LogP contribution in [0, 0.1) is 6.92 Å². The molecule has 3 rings (SSSR count). The molecule has 0 spiro atoms. The van der Waals surface area contributed by atoms with Crippen LogP contribution in [-0.4, -0.2) is 16.1 Å². The molecule has 0 unspecified atom stereocenters. The van der Waals surface area contributed by atoms with Crippen LogP contribution in [0.2, 0.25) is 0 Å². The van der Waals surface area contributed by atoms with Crippen molar-refractivity contribution in [3.63, 3.8) is 0 Å². The van der Waals surface area contributed by atoms with Crippen LogP contribution in [0.3, 0.4) is 0 Å². The fourth-order valence-corrected chi connectivity index (χ4v) is 3.13. The molecule has 1 fully saturated rings. The highest BCUT2D eigenvalue weighted by Gasteiger charge is 2.32. The normalized spacial score (nSPS) is 14.7. The van der Waals surface area contributed by atoms with Crippen LogP contribution >= 0.6 is 11.3 Å². The lowest BCUT2D eigenvalue weighted by atomic mass is 10.1. The monoisotopic (exact) mass is 259 g/mol. The summed E-state index contributed by atoms with van der Waals surface area (Å²) in [5, 5.41) is 10.1. The van der Waals surface area contributed by atoms with Crippen molar-refractivity contribution < 1.29 is 9.90 Å². The first-order valence-electron chi connectivity index (χ1n) is 5.97. The lowest BCUT2D eigenvalue weighted by Crippen LogP contribution is -1.97. The molecule has 1 aliphatic carbocycles. The summed E-state index contributed by atoms with van der Waals surface area (Å²) in [5.41, 5.74) is 2.95. The Balaban J connectivity index is 2.11. The molecule has 0 radical (unpaired) electrons. The van der Waals surface area contributed by atoms with Gasteiger partial charge < -0.3 is 5.11 Å². The SMILES string of the molecule is Cc1ccccc1-c1nc(C2CC2)c(C(=O)O)s1. The molecule has 92 valence electrons. The molecule has 18 heavy (non-hydrogen) atoms. The first kappa shape index (κ1) is 11.4. The minimum atomic E-state index is -0.853. The smallest absolute Gasteiger partial charge is 0.347 e. The average molecular weight is 259 g/mol. The van der Waals surface area contributed by atoms with E-state index >= 15 is 0 Å². The van der Waals surface area contributed by atoms with Crippen LogP contribution in [0.25, 0.3) is 10.6 Å². The summed E-state index contributed by atoms with van der Waals surface area (Å²) in [4.78, 5) is 16.2. The summed E-state index contributed by atoms with van der Waals surface area (Å²) in [6, 6.07) is 7.96. The molecule has 1 heterocycles. The minimum absolute atomic E-state index is 0.366. The van der Waals surface area contributed by atoms with Gasteiger partial charge in [-0.2, -0.15) is 0 Å². The Bertz CT molecular complexity index is 614. The Hall–Kier alpha value is -1.68. The molecule has 0 atom stereocenters. The largest absolute Gasteiger partial charge is 0.477 e. The van der Waals surface area contributed by atoms with E-state index in [9.17, 15) is 9.90 Å². The number of thiazole rings is 1. The zero-order valence-corrected chi connectivity index (χ0v) is 10.8. The zero-order chi connectivity index (χ0) is 12.7. The van der Waals surface area contributed by atoms with Crippen molar-refractivity contribution in [2.24, 2.45) is 0 Å². The average Bonchev–Trinajstić information content (AvgIpc) is 3.09. The molecular formula is C14H13NO2S. The summed E-state index contributed by atoms with van der Waals surface area (Å²) < 4.78 is 0. The molecule has 0 saturated heterocycles. The zero-order valence-electron chi connectivity index (χ0n) is 10.0. The maximum Gasteiger partial charge on any atom is 0.347 e. The molecule has 1 saturated carbocycles. The Morgan fingerprint density at radius 1 is 1.39 bits per heavy atom. The van der Waals surface area contributed by atoms with E-state index in [4.69, 9.17) is 0 Å². The summed E-state index contributed by atoms with van der Waals surface area (Å²) >= 11 is 1.29. The van der Waals surface area contributed by atoms with Crippen LogP contribution in [0.4, 0.5) is 0 Å². The molecule has 0 aliphatic heterocycles. The Labute approximate surface area is 109 Å². The highest BCUT2D eigenvalue weighted by Crippen LogP contribution is 2.44. The number of hydrogen-bond acceptors (Lipinski definition) is 3. The second-order valence-corrected chi connectivity index (χ2v) is 5.63. The Morgan fingerprint density at radius 3 is 2.72 bits per heavy atom. The lowest BCUT2D eigenvalue weighted by molar-refractivity contribution is 0.0700. The van der Waals surface area contributed by atoms with Gasteiger partial charge in [-0.05, 0) is 25.3 Å². The predicted molar refractivity (Wildman–Crippen MR) is 71.2 cm³/mol. The van der Waals surface area contributed by atoms with E-state index in [1.165, 1.54) is 11.3 Å². The Kier molecular flexibility index (Phi) is 2.67. The van der Waals surface area contributed by atoms with Gasteiger partial charge in [0.2, 0.25) is 0 Å². The van der Waals surface area contributed by atoms with Crippen LogP contribution in [0.15, 0.2) is 24.3 Å². The number of benzene rings is 1. The number of carboxylic acids is 1. The van der Waals surface area contributed by atoms with E-state index in [-0.39, 0.29) is 0 Å². The van der Waals surface area contributed by atoms with E-state index in [0.29, 0.717) is 10.8 Å². The van der Waals surface area contributed by atoms with E-state index in [1.807, 2.05) is 31.2 Å². The fourth-order valence-electron chi connectivity index (χ4n) is 2.05. The number of carboxylic acid groups (broad SMARTS) is 1. The molecule has 3 nitrogen and oxygen atoms in total. The van der Waals surface area contributed by atoms with Gasteiger partial charge in [-0.3, -0.25) is 0 Å². The number of aryl methyl sites for hydroxylation is 1. The highest BCUT2D eigenvalue weighted by molar-refractivity contribution is 7.17. The number of hydrogen-bond donors (Lipinski definition) is 1. The van der Waals surface area contributed by atoms with Crippen LogP contribution in [0.1, 0.15) is 39.7 Å². The van der Waals surface area contributed by atoms with Crippen LogP contribution in [0.5, 0.6) is 0 Å². The second-order valence-electron chi connectivity index (χ2n) is 4.63. The summed E-state index contributed by atoms with van der Waals surface area (Å²) in [6.07, 6.45) is 2.13. The third kappa shape index (κ3) is 1.93. The van der Waals surface area contributed by atoms with Crippen molar-refractivity contribution in [1.29, 1.82) is 0 Å². The van der Waals surface area contributed by atoms with Gasteiger partial charge in [-0.1, -0.05) is 24.3 Å². The molecule has 1 aliphatic rings. The fraction of sp³-hybridized carbons (Fsp3) is 0.286. The van der Waals surface area contributed by atoms with Gasteiger partial charge in [0.1, 0.15) is 9.88 Å². The summed E-state index contributed by atoms with van der Waals surface area (Å²) in [6.45, 7) is 2.02. The van der Waals surface area contributed by atoms with Gasteiger partial charge in [0.05, 0.1) is 5.69 Å².